The van der Waals surface area contributed by atoms with Crippen LogP contribution in [0.1, 0.15) is 34.1 Å². The van der Waals surface area contributed by atoms with E-state index >= 15 is 0 Å². The van der Waals surface area contributed by atoms with Crippen LogP contribution in [0.15, 0.2) is 24.3 Å². The van der Waals surface area contributed by atoms with Crippen molar-refractivity contribution < 1.29 is 23.2 Å². The highest BCUT2D eigenvalue weighted by Crippen LogP contribution is 2.28. The van der Waals surface area contributed by atoms with Crippen molar-refractivity contribution in [2.75, 3.05) is 0 Å². The molecule has 1 heterocycles. The number of alkyl halides is 2. The molecule has 0 aliphatic carbocycles. The quantitative estimate of drug-likeness (QED) is 0.756. The van der Waals surface area contributed by atoms with E-state index < -0.39 is 30.1 Å². The van der Waals surface area contributed by atoms with Crippen molar-refractivity contribution in [3.05, 3.63) is 35.4 Å². The van der Waals surface area contributed by atoms with E-state index in [-0.39, 0.29) is 16.0 Å². The summed E-state index contributed by atoms with van der Waals surface area (Å²) < 4.78 is 26.5. The van der Waals surface area contributed by atoms with Gasteiger partial charge >= 0.3 is 11.8 Å². The average molecular weight is 253 g/mol. The van der Waals surface area contributed by atoms with E-state index in [9.17, 15) is 23.2 Å². The number of carbonyl (C=O) groups is 3. The Hall–Kier alpha value is -2.11. The summed E-state index contributed by atoms with van der Waals surface area (Å²) in [4.78, 5) is 35.1. The molecule has 0 spiro atoms. The van der Waals surface area contributed by atoms with E-state index in [1.807, 2.05) is 0 Å². The van der Waals surface area contributed by atoms with Crippen molar-refractivity contribution in [2.45, 2.75) is 19.3 Å². The first kappa shape index (κ1) is 12.3. The molecule has 0 N–H and O–H groups in total. The Labute approximate surface area is 101 Å². The molecule has 6 heteroatoms. The van der Waals surface area contributed by atoms with Gasteiger partial charge in [-0.05, 0) is 12.1 Å². The van der Waals surface area contributed by atoms with E-state index in [0.29, 0.717) is 0 Å². The lowest BCUT2D eigenvalue weighted by Gasteiger charge is -2.18. The van der Waals surface area contributed by atoms with Crippen molar-refractivity contribution in [1.29, 1.82) is 0 Å². The topological polar surface area (TPSA) is 54.5 Å². The summed E-state index contributed by atoms with van der Waals surface area (Å²) in [6, 6.07) is 5.64. The lowest BCUT2D eigenvalue weighted by atomic mass is 10.1. The minimum atomic E-state index is -3.71. The standard InChI is InChI=1S/C12H9F2NO3/c1-2-12(13,14)11(18)15-9(16)7-5-3-4-6-8(7)10(15)17/h3-6H,2H2,1H3. The maximum absolute atomic E-state index is 13.3. The number of nitrogens with zero attached hydrogens (tertiary/aromatic N) is 1. The molecule has 1 aliphatic rings. The van der Waals surface area contributed by atoms with Crippen LogP contribution in [0, 0.1) is 0 Å². The Morgan fingerprint density at radius 2 is 1.61 bits per heavy atom. The summed E-state index contributed by atoms with van der Waals surface area (Å²) in [5.41, 5.74) is -0.0505. The van der Waals surface area contributed by atoms with Gasteiger partial charge in [-0.25, -0.2) is 4.90 Å². The molecule has 0 saturated carbocycles. The highest BCUT2D eigenvalue weighted by Gasteiger charge is 2.49. The zero-order valence-corrected chi connectivity index (χ0v) is 9.44. The van der Waals surface area contributed by atoms with Crippen molar-refractivity contribution >= 4 is 17.7 Å². The molecule has 1 aromatic carbocycles. The lowest BCUT2D eigenvalue weighted by Crippen LogP contribution is -2.46. The number of hydrogen-bond donors (Lipinski definition) is 0. The van der Waals surface area contributed by atoms with Crippen LogP contribution in [0.4, 0.5) is 8.78 Å². The van der Waals surface area contributed by atoms with Gasteiger partial charge in [-0.15, -0.1) is 0 Å². The molecule has 0 fully saturated rings. The number of amides is 3. The monoisotopic (exact) mass is 253 g/mol. The lowest BCUT2D eigenvalue weighted by molar-refractivity contribution is -0.152. The number of rotatable bonds is 2. The first-order valence-corrected chi connectivity index (χ1v) is 5.30. The molecule has 0 unspecified atom stereocenters. The minimum absolute atomic E-state index is 0.0220. The van der Waals surface area contributed by atoms with Crippen LogP contribution in [0.25, 0.3) is 0 Å². The molecule has 2 rings (SSSR count). The van der Waals surface area contributed by atoms with Gasteiger partial charge in [0, 0.05) is 6.42 Å². The van der Waals surface area contributed by atoms with Crippen LogP contribution < -0.4 is 0 Å². The van der Waals surface area contributed by atoms with Crippen LogP contribution in [0.5, 0.6) is 0 Å². The summed E-state index contributed by atoms with van der Waals surface area (Å²) in [7, 11) is 0. The van der Waals surface area contributed by atoms with Crippen LogP contribution in [0.2, 0.25) is 0 Å². The molecular formula is C12H9F2NO3. The second-order valence-corrected chi connectivity index (χ2v) is 3.85. The van der Waals surface area contributed by atoms with Crippen molar-refractivity contribution in [1.82, 2.24) is 4.90 Å². The van der Waals surface area contributed by atoms with Gasteiger partial charge in [-0.3, -0.25) is 14.4 Å². The maximum Gasteiger partial charge on any atom is 0.325 e. The van der Waals surface area contributed by atoms with Crippen molar-refractivity contribution in [3.63, 3.8) is 0 Å². The zero-order chi connectivity index (χ0) is 13.5. The molecule has 0 bridgehead atoms. The van der Waals surface area contributed by atoms with Gasteiger partial charge in [-0.1, -0.05) is 19.1 Å². The molecule has 4 nitrogen and oxygen atoms in total. The third kappa shape index (κ3) is 1.61. The molecule has 3 amide bonds. The zero-order valence-electron chi connectivity index (χ0n) is 9.44. The van der Waals surface area contributed by atoms with E-state index in [1.165, 1.54) is 24.3 Å². The molecule has 0 saturated heterocycles. The molecule has 1 aliphatic heterocycles. The van der Waals surface area contributed by atoms with E-state index in [4.69, 9.17) is 0 Å². The molecule has 0 atom stereocenters. The Morgan fingerprint density at radius 3 is 2.00 bits per heavy atom. The summed E-state index contributed by atoms with van der Waals surface area (Å²) >= 11 is 0. The maximum atomic E-state index is 13.3. The summed E-state index contributed by atoms with van der Waals surface area (Å²) in [5, 5.41) is 0. The predicted molar refractivity (Wildman–Crippen MR) is 57.2 cm³/mol. The smallest absolute Gasteiger partial charge is 0.268 e. The van der Waals surface area contributed by atoms with Gasteiger partial charge in [0.05, 0.1) is 11.1 Å². The van der Waals surface area contributed by atoms with Gasteiger partial charge in [-0.2, -0.15) is 8.78 Å². The second kappa shape index (κ2) is 3.97. The van der Waals surface area contributed by atoms with Crippen LogP contribution in [-0.2, 0) is 4.79 Å². The summed E-state index contributed by atoms with van der Waals surface area (Å²) in [6.07, 6.45) is -0.765. The molecular weight excluding hydrogens is 244 g/mol. The van der Waals surface area contributed by atoms with Gasteiger partial charge in [0.1, 0.15) is 0 Å². The predicted octanol–water partition coefficient (Wildman–Crippen LogP) is 1.85. The minimum Gasteiger partial charge on any atom is -0.268 e. The first-order chi connectivity index (χ1) is 8.40. The number of carbonyl (C=O) groups excluding carboxylic acids is 3. The number of imide groups is 3. The molecule has 1 aromatic rings. The van der Waals surface area contributed by atoms with Crippen LogP contribution in [-0.4, -0.2) is 28.5 Å². The fraction of sp³-hybridized carbons (Fsp3) is 0.250. The van der Waals surface area contributed by atoms with Gasteiger partial charge < -0.3 is 0 Å². The number of benzene rings is 1. The van der Waals surface area contributed by atoms with Gasteiger partial charge in [0.25, 0.3) is 11.8 Å². The number of fused-ring (bicyclic) bond motifs is 1. The molecule has 94 valence electrons. The van der Waals surface area contributed by atoms with Crippen LogP contribution in [0.3, 0.4) is 0 Å². The Bertz CT molecular complexity index is 519. The Morgan fingerprint density at radius 1 is 1.17 bits per heavy atom. The van der Waals surface area contributed by atoms with Gasteiger partial charge in [0.15, 0.2) is 0 Å². The largest absolute Gasteiger partial charge is 0.325 e. The summed E-state index contributed by atoms with van der Waals surface area (Å²) in [6.45, 7) is 1.11. The third-order valence-corrected chi connectivity index (χ3v) is 2.75. The first-order valence-electron chi connectivity index (χ1n) is 5.30. The van der Waals surface area contributed by atoms with E-state index in [1.54, 1.807) is 0 Å². The highest BCUT2D eigenvalue weighted by atomic mass is 19.3. The third-order valence-electron chi connectivity index (χ3n) is 2.75. The fourth-order valence-corrected chi connectivity index (χ4v) is 1.69. The van der Waals surface area contributed by atoms with Gasteiger partial charge in [0.2, 0.25) is 0 Å². The fourth-order valence-electron chi connectivity index (χ4n) is 1.69. The SMILES string of the molecule is CCC(F)(F)C(=O)N1C(=O)c2ccccc2C1=O. The number of halogens is 2. The van der Waals surface area contributed by atoms with Crippen molar-refractivity contribution in [2.24, 2.45) is 0 Å². The van der Waals surface area contributed by atoms with Crippen LogP contribution >= 0.6 is 0 Å². The second-order valence-electron chi connectivity index (χ2n) is 3.85. The van der Waals surface area contributed by atoms with E-state index in [2.05, 4.69) is 0 Å². The summed E-state index contributed by atoms with van der Waals surface area (Å²) in [5.74, 6) is -7.47. The normalized spacial score (nSPS) is 14.9. The van der Waals surface area contributed by atoms with E-state index in [0.717, 1.165) is 6.92 Å². The number of hydrogen-bond acceptors (Lipinski definition) is 3. The highest BCUT2D eigenvalue weighted by molar-refractivity contribution is 6.29. The Balaban J connectivity index is 2.44. The molecule has 18 heavy (non-hydrogen) atoms. The van der Waals surface area contributed by atoms with Crippen molar-refractivity contribution in [3.8, 4) is 0 Å². The Kier molecular flexibility index (Phi) is 2.73. The average Bonchev–Trinajstić information content (AvgIpc) is 2.62. The molecule has 0 aromatic heterocycles. The molecule has 0 radical (unpaired) electrons.